The standard InChI is InChI=1S/C73H120O6/c1-4-7-10-13-16-19-22-25-28-31-33-35-36-38-39-42-45-48-51-54-57-60-63-66-72(75)78-69-70(68-77-71(74)65-62-59-56-53-50-47-44-41-30-27-24-21-18-15-12-9-6-3)79-73(76)67-64-61-58-55-52-49-46-43-40-37-34-32-29-26-23-20-17-14-11-8-5-2/h7,9-10,12,16,18-19,21,23,25-28,30,32-35,40,43-44,47,70H,4-6,8,11,13-15,17,20,22,24,29,31,36-39,41-42,45-46,48-69H2,1-3H3/b10-7-,12-9-,19-16-,21-18-,26-23-,28-25-,30-27-,34-32-,35-33-,43-40-,47-44-. The second kappa shape index (κ2) is 66.1. The number of hydrogen-bond acceptors (Lipinski definition) is 6. The van der Waals surface area contributed by atoms with Crippen LogP contribution in [0.25, 0.3) is 0 Å². The summed E-state index contributed by atoms with van der Waals surface area (Å²) < 4.78 is 16.9. The Morgan fingerprint density at radius 3 is 0.772 bits per heavy atom. The van der Waals surface area contributed by atoms with E-state index in [1.165, 1.54) is 103 Å². The summed E-state index contributed by atoms with van der Waals surface area (Å²) in [6.07, 6.45) is 93.1. The minimum atomic E-state index is -0.804. The van der Waals surface area contributed by atoms with E-state index in [2.05, 4.69) is 154 Å². The molecule has 0 saturated heterocycles. The third-order valence-corrected chi connectivity index (χ3v) is 13.6. The van der Waals surface area contributed by atoms with Crippen molar-refractivity contribution in [3.05, 3.63) is 134 Å². The van der Waals surface area contributed by atoms with Gasteiger partial charge < -0.3 is 14.2 Å². The molecule has 0 saturated carbocycles. The molecule has 448 valence electrons. The van der Waals surface area contributed by atoms with Gasteiger partial charge in [-0.15, -0.1) is 0 Å². The summed E-state index contributed by atoms with van der Waals surface area (Å²) >= 11 is 0. The third-order valence-electron chi connectivity index (χ3n) is 13.6. The molecule has 0 heterocycles. The maximum Gasteiger partial charge on any atom is 0.306 e. The van der Waals surface area contributed by atoms with Gasteiger partial charge in [-0.3, -0.25) is 14.4 Å². The van der Waals surface area contributed by atoms with Gasteiger partial charge in [0.2, 0.25) is 0 Å². The zero-order valence-electron chi connectivity index (χ0n) is 51.3. The summed E-state index contributed by atoms with van der Waals surface area (Å²) in [6.45, 7) is 6.38. The van der Waals surface area contributed by atoms with Crippen LogP contribution in [0.1, 0.15) is 290 Å². The number of allylic oxidation sites excluding steroid dienone is 22. The topological polar surface area (TPSA) is 78.9 Å². The zero-order valence-corrected chi connectivity index (χ0v) is 51.3. The van der Waals surface area contributed by atoms with Crippen LogP contribution < -0.4 is 0 Å². The number of esters is 3. The quantitative estimate of drug-likeness (QED) is 0.0261. The van der Waals surface area contributed by atoms with Crippen molar-refractivity contribution in [2.45, 2.75) is 297 Å². The molecule has 6 heteroatoms. The summed E-state index contributed by atoms with van der Waals surface area (Å²) in [6, 6.07) is 0. The summed E-state index contributed by atoms with van der Waals surface area (Å²) in [4.78, 5) is 38.4. The second-order valence-corrected chi connectivity index (χ2v) is 21.3. The molecule has 0 aromatic heterocycles. The second-order valence-electron chi connectivity index (χ2n) is 21.3. The molecule has 1 unspecified atom stereocenters. The molecule has 0 aliphatic carbocycles. The highest BCUT2D eigenvalue weighted by atomic mass is 16.6. The normalized spacial score (nSPS) is 13.0. The van der Waals surface area contributed by atoms with Gasteiger partial charge in [0.05, 0.1) is 0 Å². The van der Waals surface area contributed by atoms with Crippen LogP contribution in [0.2, 0.25) is 0 Å². The summed E-state index contributed by atoms with van der Waals surface area (Å²) in [5.41, 5.74) is 0. The molecule has 0 fully saturated rings. The van der Waals surface area contributed by atoms with Crippen molar-refractivity contribution in [1.29, 1.82) is 0 Å². The summed E-state index contributed by atoms with van der Waals surface area (Å²) in [5, 5.41) is 0. The molecule has 0 aliphatic heterocycles. The van der Waals surface area contributed by atoms with Crippen LogP contribution in [0.15, 0.2) is 134 Å². The molecular formula is C73H120O6. The number of hydrogen-bond donors (Lipinski definition) is 0. The van der Waals surface area contributed by atoms with Crippen molar-refractivity contribution in [1.82, 2.24) is 0 Å². The molecule has 0 rings (SSSR count). The minimum absolute atomic E-state index is 0.0972. The van der Waals surface area contributed by atoms with Crippen molar-refractivity contribution in [2.24, 2.45) is 0 Å². The average molecular weight is 1090 g/mol. The Balaban J connectivity index is 4.46. The van der Waals surface area contributed by atoms with E-state index in [4.69, 9.17) is 14.2 Å². The number of ether oxygens (including phenoxy) is 3. The SMILES string of the molecule is CC/C=C\C/C=C\C/C=C\C/C=C\CCCCCCCCCCCCC(=O)OCC(COC(=O)CCCCCC/C=C\C/C=C\C/C=C\C/C=C\CC)OC(=O)CCCCCCCC/C=C\C/C=C\C/C=C\CCCCCCC. The van der Waals surface area contributed by atoms with E-state index < -0.39 is 6.10 Å². The van der Waals surface area contributed by atoms with Gasteiger partial charge in [0.15, 0.2) is 6.10 Å². The van der Waals surface area contributed by atoms with E-state index in [1.807, 2.05) is 0 Å². The molecular weight excluding hydrogens is 973 g/mol. The van der Waals surface area contributed by atoms with E-state index in [0.717, 1.165) is 148 Å². The van der Waals surface area contributed by atoms with Crippen LogP contribution in [-0.4, -0.2) is 37.2 Å². The van der Waals surface area contributed by atoms with Gasteiger partial charge in [0.1, 0.15) is 13.2 Å². The highest BCUT2D eigenvalue weighted by Gasteiger charge is 2.19. The molecule has 0 N–H and O–H groups in total. The molecule has 0 aromatic carbocycles. The lowest BCUT2D eigenvalue weighted by atomic mass is 10.1. The van der Waals surface area contributed by atoms with Crippen molar-refractivity contribution in [2.75, 3.05) is 13.2 Å². The lowest BCUT2D eigenvalue weighted by Gasteiger charge is -2.18. The monoisotopic (exact) mass is 1090 g/mol. The Hall–Kier alpha value is -4.45. The largest absolute Gasteiger partial charge is 0.462 e. The van der Waals surface area contributed by atoms with Crippen LogP contribution in [0.5, 0.6) is 0 Å². The molecule has 0 aliphatic rings. The highest BCUT2D eigenvalue weighted by molar-refractivity contribution is 5.71. The van der Waals surface area contributed by atoms with E-state index in [9.17, 15) is 14.4 Å². The average Bonchev–Trinajstić information content (AvgIpc) is 3.45. The van der Waals surface area contributed by atoms with Crippen molar-refractivity contribution >= 4 is 17.9 Å². The van der Waals surface area contributed by atoms with Crippen LogP contribution in [0.4, 0.5) is 0 Å². The Kier molecular flexibility index (Phi) is 62.3. The van der Waals surface area contributed by atoms with E-state index in [0.29, 0.717) is 19.3 Å². The molecule has 79 heavy (non-hydrogen) atoms. The summed E-state index contributed by atoms with van der Waals surface area (Å²) in [7, 11) is 0. The Bertz CT molecular complexity index is 1680. The Morgan fingerprint density at radius 1 is 0.266 bits per heavy atom. The number of carbonyl (C=O) groups excluding carboxylic acids is 3. The minimum Gasteiger partial charge on any atom is -0.462 e. The Labute approximate surface area is 487 Å². The first kappa shape index (κ1) is 74.5. The van der Waals surface area contributed by atoms with Crippen LogP contribution in [0.3, 0.4) is 0 Å². The smallest absolute Gasteiger partial charge is 0.306 e. The van der Waals surface area contributed by atoms with Crippen LogP contribution in [0, 0.1) is 0 Å². The number of carbonyl (C=O) groups is 3. The first-order valence-electron chi connectivity index (χ1n) is 32.7. The predicted octanol–water partition coefficient (Wildman–Crippen LogP) is 22.5. The first-order chi connectivity index (χ1) is 39.0. The van der Waals surface area contributed by atoms with E-state index >= 15 is 0 Å². The molecule has 0 spiro atoms. The van der Waals surface area contributed by atoms with E-state index in [-0.39, 0.29) is 31.1 Å². The van der Waals surface area contributed by atoms with Crippen molar-refractivity contribution in [3.8, 4) is 0 Å². The van der Waals surface area contributed by atoms with Gasteiger partial charge in [-0.05, 0) is 135 Å². The predicted molar refractivity (Wildman–Crippen MR) is 343 cm³/mol. The van der Waals surface area contributed by atoms with Gasteiger partial charge in [-0.1, -0.05) is 270 Å². The Morgan fingerprint density at radius 2 is 0.494 bits per heavy atom. The fourth-order valence-electron chi connectivity index (χ4n) is 8.79. The van der Waals surface area contributed by atoms with Crippen molar-refractivity contribution < 1.29 is 28.6 Å². The van der Waals surface area contributed by atoms with Gasteiger partial charge in [-0.2, -0.15) is 0 Å². The maximum absolute atomic E-state index is 12.9. The fourth-order valence-corrected chi connectivity index (χ4v) is 8.79. The molecule has 0 bridgehead atoms. The van der Waals surface area contributed by atoms with Gasteiger partial charge in [-0.25, -0.2) is 0 Å². The van der Waals surface area contributed by atoms with Crippen LogP contribution in [-0.2, 0) is 28.6 Å². The van der Waals surface area contributed by atoms with Crippen LogP contribution >= 0.6 is 0 Å². The molecule has 6 nitrogen and oxygen atoms in total. The fraction of sp³-hybridized carbons (Fsp3) is 0.658. The molecule has 0 amide bonds. The van der Waals surface area contributed by atoms with Gasteiger partial charge in [0, 0.05) is 19.3 Å². The van der Waals surface area contributed by atoms with E-state index in [1.54, 1.807) is 0 Å². The molecule has 0 aromatic rings. The zero-order chi connectivity index (χ0) is 57.1. The number of rotatable bonds is 58. The van der Waals surface area contributed by atoms with Gasteiger partial charge >= 0.3 is 17.9 Å². The molecule has 1 atom stereocenters. The highest BCUT2D eigenvalue weighted by Crippen LogP contribution is 2.15. The maximum atomic E-state index is 12.9. The summed E-state index contributed by atoms with van der Waals surface area (Å²) in [5.74, 6) is -0.934. The molecule has 0 radical (unpaired) electrons. The number of unbranched alkanes of at least 4 members (excludes halogenated alkanes) is 25. The first-order valence-corrected chi connectivity index (χ1v) is 32.7. The van der Waals surface area contributed by atoms with Crippen molar-refractivity contribution in [3.63, 3.8) is 0 Å². The lowest BCUT2D eigenvalue weighted by molar-refractivity contribution is -0.167. The lowest BCUT2D eigenvalue weighted by Crippen LogP contribution is -2.30. The third kappa shape index (κ3) is 64.3. The van der Waals surface area contributed by atoms with Gasteiger partial charge in [0.25, 0.3) is 0 Å².